The lowest BCUT2D eigenvalue weighted by atomic mass is 9.96. The molecule has 0 radical (unpaired) electrons. The summed E-state index contributed by atoms with van der Waals surface area (Å²) < 4.78 is 5.01. The van der Waals surface area contributed by atoms with Gasteiger partial charge in [0, 0.05) is 19.2 Å². The van der Waals surface area contributed by atoms with Gasteiger partial charge in [-0.05, 0) is 31.9 Å². The summed E-state index contributed by atoms with van der Waals surface area (Å²) in [7, 11) is 0. The summed E-state index contributed by atoms with van der Waals surface area (Å²) in [6, 6.07) is 6.36. The molecule has 22 heavy (non-hydrogen) atoms. The first-order valence-corrected chi connectivity index (χ1v) is 7.17. The topological polar surface area (TPSA) is 96.5 Å². The van der Waals surface area contributed by atoms with Crippen molar-refractivity contribution in [2.45, 2.75) is 19.8 Å². The highest BCUT2D eigenvalue weighted by molar-refractivity contribution is 5.73. The molecule has 0 aromatic heterocycles. The van der Waals surface area contributed by atoms with Gasteiger partial charge in [0.2, 0.25) is 0 Å². The van der Waals surface area contributed by atoms with E-state index in [-0.39, 0.29) is 23.1 Å². The Labute approximate surface area is 128 Å². The van der Waals surface area contributed by atoms with Gasteiger partial charge in [0.25, 0.3) is 5.69 Å². The molecule has 1 aromatic carbocycles. The van der Waals surface area contributed by atoms with Crippen molar-refractivity contribution in [3.63, 3.8) is 0 Å². The van der Waals surface area contributed by atoms with E-state index in [1.807, 2.05) is 11.0 Å². The van der Waals surface area contributed by atoms with E-state index >= 15 is 0 Å². The second kappa shape index (κ2) is 6.89. The van der Waals surface area contributed by atoms with Crippen LogP contribution in [0.3, 0.4) is 0 Å². The number of benzene rings is 1. The molecule has 0 amide bonds. The average molecular weight is 303 g/mol. The maximum absolute atomic E-state index is 11.7. The van der Waals surface area contributed by atoms with E-state index in [1.165, 1.54) is 6.07 Å². The summed E-state index contributed by atoms with van der Waals surface area (Å²) in [4.78, 5) is 24.3. The summed E-state index contributed by atoms with van der Waals surface area (Å²) in [5, 5.41) is 20.0. The van der Waals surface area contributed by atoms with Crippen molar-refractivity contribution < 1.29 is 14.5 Å². The van der Waals surface area contributed by atoms with Crippen molar-refractivity contribution in [3.05, 3.63) is 33.9 Å². The van der Waals surface area contributed by atoms with Crippen molar-refractivity contribution in [3.8, 4) is 6.07 Å². The fraction of sp³-hybridized carbons (Fsp3) is 0.467. The largest absolute Gasteiger partial charge is 0.466 e. The molecule has 0 atom stereocenters. The number of anilines is 1. The van der Waals surface area contributed by atoms with Gasteiger partial charge in [-0.1, -0.05) is 0 Å². The first-order chi connectivity index (χ1) is 10.6. The van der Waals surface area contributed by atoms with Crippen LogP contribution in [0.15, 0.2) is 18.2 Å². The second-order valence-corrected chi connectivity index (χ2v) is 5.09. The number of nitriles is 1. The Morgan fingerprint density at radius 2 is 2.18 bits per heavy atom. The number of piperidine rings is 1. The van der Waals surface area contributed by atoms with E-state index in [0.29, 0.717) is 38.2 Å². The van der Waals surface area contributed by atoms with E-state index in [4.69, 9.17) is 10.00 Å². The number of hydrogen-bond acceptors (Lipinski definition) is 6. The van der Waals surface area contributed by atoms with Gasteiger partial charge in [0.15, 0.2) is 0 Å². The van der Waals surface area contributed by atoms with Gasteiger partial charge >= 0.3 is 5.97 Å². The van der Waals surface area contributed by atoms with E-state index in [9.17, 15) is 14.9 Å². The van der Waals surface area contributed by atoms with Crippen molar-refractivity contribution in [2.24, 2.45) is 5.92 Å². The standard InChI is InChI=1S/C15H17N3O4/c1-2-22-15(19)12-5-7-17(8-6-12)13-4-3-11(10-16)9-14(13)18(20)21/h3-4,9,12H,2,5-8H2,1H3. The Morgan fingerprint density at radius 1 is 1.50 bits per heavy atom. The van der Waals surface area contributed by atoms with Crippen LogP contribution in [0.1, 0.15) is 25.3 Å². The smallest absolute Gasteiger partial charge is 0.309 e. The minimum Gasteiger partial charge on any atom is -0.466 e. The number of nitro groups is 1. The maximum Gasteiger partial charge on any atom is 0.309 e. The highest BCUT2D eigenvalue weighted by Gasteiger charge is 2.29. The lowest BCUT2D eigenvalue weighted by Crippen LogP contribution is -2.37. The Bertz CT molecular complexity index is 616. The molecule has 1 aliphatic rings. The van der Waals surface area contributed by atoms with Gasteiger partial charge in [-0.25, -0.2) is 0 Å². The van der Waals surface area contributed by atoms with Gasteiger partial charge in [-0.2, -0.15) is 5.26 Å². The molecule has 0 spiro atoms. The lowest BCUT2D eigenvalue weighted by molar-refractivity contribution is -0.384. The minimum absolute atomic E-state index is 0.0753. The average Bonchev–Trinajstić information content (AvgIpc) is 2.54. The monoisotopic (exact) mass is 303 g/mol. The number of nitro benzene ring substituents is 1. The number of carbonyl (C=O) groups is 1. The maximum atomic E-state index is 11.7. The van der Waals surface area contributed by atoms with Gasteiger partial charge in [-0.3, -0.25) is 14.9 Å². The summed E-state index contributed by atoms with van der Waals surface area (Å²) in [6.45, 7) is 3.24. The van der Waals surface area contributed by atoms with Gasteiger partial charge < -0.3 is 9.64 Å². The quantitative estimate of drug-likeness (QED) is 0.481. The third-order valence-electron chi connectivity index (χ3n) is 3.76. The summed E-state index contributed by atoms with van der Waals surface area (Å²) in [5.74, 6) is -0.342. The number of rotatable bonds is 4. The van der Waals surface area contributed by atoms with Gasteiger partial charge in [0.1, 0.15) is 5.69 Å². The van der Waals surface area contributed by atoms with Gasteiger partial charge in [0.05, 0.1) is 29.1 Å². The molecule has 0 N–H and O–H groups in total. The summed E-state index contributed by atoms with van der Waals surface area (Å²) >= 11 is 0. The predicted octanol–water partition coefficient (Wildman–Crippen LogP) is 2.25. The van der Waals surface area contributed by atoms with Crippen LogP contribution in [-0.2, 0) is 9.53 Å². The Hall–Kier alpha value is -2.62. The van der Waals surface area contributed by atoms with Crippen molar-refractivity contribution >= 4 is 17.3 Å². The number of nitrogens with zero attached hydrogens (tertiary/aromatic N) is 3. The van der Waals surface area contributed by atoms with E-state index < -0.39 is 4.92 Å². The number of hydrogen-bond donors (Lipinski definition) is 0. The Morgan fingerprint density at radius 3 is 2.73 bits per heavy atom. The third kappa shape index (κ3) is 3.34. The van der Waals surface area contributed by atoms with Crippen LogP contribution in [0, 0.1) is 27.4 Å². The molecule has 0 unspecified atom stereocenters. The SMILES string of the molecule is CCOC(=O)C1CCN(c2ccc(C#N)cc2[N+](=O)[O-])CC1. The van der Waals surface area contributed by atoms with Crippen LogP contribution in [0.4, 0.5) is 11.4 Å². The fourth-order valence-corrected chi connectivity index (χ4v) is 2.62. The van der Waals surface area contributed by atoms with Crippen molar-refractivity contribution in [1.82, 2.24) is 0 Å². The van der Waals surface area contributed by atoms with Gasteiger partial charge in [-0.15, -0.1) is 0 Å². The molecule has 0 aliphatic carbocycles. The fourth-order valence-electron chi connectivity index (χ4n) is 2.62. The van der Waals surface area contributed by atoms with E-state index in [1.54, 1.807) is 19.1 Å². The molecule has 1 fully saturated rings. The molecule has 7 heteroatoms. The van der Waals surface area contributed by atoms with Crippen LogP contribution in [0.5, 0.6) is 0 Å². The Kier molecular flexibility index (Phi) is 4.94. The van der Waals surface area contributed by atoms with Crippen LogP contribution in [0.2, 0.25) is 0 Å². The van der Waals surface area contributed by atoms with Crippen LogP contribution in [-0.4, -0.2) is 30.6 Å². The molecular weight excluding hydrogens is 286 g/mol. The molecule has 1 aliphatic heterocycles. The zero-order valence-corrected chi connectivity index (χ0v) is 12.3. The van der Waals surface area contributed by atoms with E-state index in [0.717, 1.165) is 0 Å². The van der Waals surface area contributed by atoms with Crippen molar-refractivity contribution in [2.75, 3.05) is 24.6 Å². The molecule has 0 saturated carbocycles. The minimum atomic E-state index is -0.479. The number of carbonyl (C=O) groups excluding carboxylic acids is 1. The molecular formula is C15H17N3O4. The molecule has 0 bridgehead atoms. The summed E-state index contributed by atoms with van der Waals surface area (Å²) in [5.41, 5.74) is 0.678. The molecule has 7 nitrogen and oxygen atoms in total. The van der Waals surface area contributed by atoms with Crippen LogP contribution >= 0.6 is 0 Å². The lowest BCUT2D eigenvalue weighted by Gasteiger charge is -2.32. The summed E-state index contributed by atoms with van der Waals surface area (Å²) in [6.07, 6.45) is 1.21. The predicted molar refractivity (Wildman–Crippen MR) is 79.4 cm³/mol. The third-order valence-corrected chi connectivity index (χ3v) is 3.76. The van der Waals surface area contributed by atoms with Crippen molar-refractivity contribution in [1.29, 1.82) is 5.26 Å². The molecule has 1 aromatic rings. The van der Waals surface area contributed by atoms with Crippen LogP contribution in [0.25, 0.3) is 0 Å². The van der Waals surface area contributed by atoms with E-state index in [2.05, 4.69) is 0 Å². The first kappa shape index (κ1) is 15.8. The first-order valence-electron chi connectivity index (χ1n) is 7.17. The highest BCUT2D eigenvalue weighted by Crippen LogP contribution is 2.32. The number of esters is 1. The molecule has 2 rings (SSSR count). The van der Waals surface area contributed by atoms with Crippen LogP contribution < -0.4 is 4.90 Å². The molecule has 1 heterocycles. The normalized spacial score (nSPS) is 15.2. The Balaban J connectivity index is 2.13. The zero-order valence-electron chi connectivity index (χ0n) is 12.3. The molecule has 1 saturated heterocycles. The molecule has 116 valence electrons. The second-order valence-electron chi connectivity index (χ2n) is 5.09. The highest BCUT2D eigenvalue weighted by atomic mass is 16.6. The number of ether oxygens (including phenoxy) is 1. The zero-order chi connectivity index (χ0) is 16.1.